The molecule has 2 bridgehead atoms. The van der Waals surface area contributed by atoms with Gasteiger partial charge < -0.3 is 15.1 Å². The van der Waals surface area contributed by atoms with Crippen molar-refractivity contribution in [2.75, 3.05) is 16.8 Å². The number of anilines is 2. The summed E-state index contributed by atoms with van der Waals surface area (Å²) in [4.78, 5) is 41.4. The monoisotopic (exact) mass is 435 g/mol. The Bertz CT molecular complexity index is 1040. The van der Waals surface area contributed by atoms with E-state index >= 15 is 0 Å². The second-order valence-corrected chi connectivity index (χ2v) is 8.95. The summed E-state index contributed by atoms with van der Waals surface area (Å²) in [5.41, 5.74) is 2.42. The van der Waals surface area contributed by atoms with Gasteiger partial charge in [0.1, 0.15) is 12.4 Å². The Hall–Kier alpha value is -3.22. The van der Waals surface area contributed by atoms with Crippen molar-refractivity contribution in [2.24, 2.45) is 0 Å². The second kappa shape index (κ2) is 8.37. The van der Waals surface area contributed by atoms with E-state index in [0.29, 0.717) is 17.3 Å². The van der Waals surface area contributed by atoms with Gasteiger partial charge in [-0.05, 0) is 61.4 Å². The van der Waals surface area contributed by atoms with Crippen molar-refractivity contribution in [3.8, 4) is 0 Å². The second-order valence-electron chi connectivity index (χ2n) is 8.95. The zero-order chi connectivity index (χ0) is 22.2. The molecule has 3 aliphatic rings. The van der Waals surface area contributed by atoms with Gasteiger partial charge in [0, 0.05) is 24.9 Å². The standard InChI is InChI=1S/C25H26FN3O3/c26-18-7-5-16(6-8-18)17-13-19-9-10-20(14-17)29(19)25(32)12-11-24(31)28-15-23(30)27-21-3-1-2-4-22(21)28/h1-8,17,19-20H,9-15H2,(H,27,30). The van der Waals surface area contributed by atoms with Gasteiger partial charge in [0.15, 0.2) is 0 Å². The molecule has 2 aromatic carbocycles. The smallest absolute Gasteiger partial charge is 0.244 e. The summed E-state index contributed by atoms with van der Waals surface area (Å²) in [6.45, 7) is -0.0294. The highest BCUT2D eigenvalue weighted by molar-refractivity contribution is 6.10. The number of piperidine rings is 1. The minimum Gasteiger partial charge on any atom is -0.337 e. The fraction of sp³-hybridized carbons (Fsp3) is 0.400. The lowest BCUT2D eigenvalue weighted by atomic mass is 9.85. The number of nitrogens with zero attached hydrogens (tertiary/aromatic N) is 2. The van der Waals surface area contributed by atoms with E-state index in [-0.39, 0.29) is 55.0 Å². The highest BCUT2D eigenvalue weighted by atomic mass is 19.1. The highest BCUT2D eigenvalue weighted by Gasteiger charge is 2.43. The summed E-state index contributed by atoms with van der Waals surface area (Å²) in [5.74, 6) is -0.332. The zero-order valence-corrected chi connectivity index (χ0v) is 17.8. The van der Waals surface area contributed by atoms with Gasteiger partial charge in [0.05, 0.1) is 11.4 Å². The molecule has 0 radical (unpaired) electrons. The number of benzene rings is 2. The largest absolute Gasteiger partial charge is 0.337 e. The Kier molecular flexibility index (Phi) is 5.41. The summed E-state index contributed by atoms with van der Waals surface area (Å²) < 4.78 is 13.3. The van der Waals surface area contributed by atoms with E-state index in [1.54, 1.807) is 12.1 Å². The number of carbonyl (C=O) groups excluding carboxylic acids is 3. The molecule has 3 amide bonds. The summed E-state index contributed by atoms with van der Waals surface area (Å²) in [7, 11) is 0. The fourth-order valence-corrected chi connectivity index (χ4v) is 5.53. The van der Waals surface area contributed by atoms with Gasteiger partial charge in [-0.3, -0.25) is 14.4 Å². The molecular formula is C25H26FN3O3. The number of halogens is 1. The average molecular weight is 435 g/mol. The number of rotatable bonds is 4. The molecular weight excluding hydrogens is 409 g/mol. The van der Waals surface area contributed by atoms with E-state index in [1.165, 1.54) is 17.0 Å². The number of hydrogen-bond donors (Lipinski definition) is 1. The van der Waals surface area contributed by atoms with Crippen LogP contribution in [0.15, 0.2) is 48.5 Å². The van der Waals surface area contributed by atoms with E-state index in [2.05, 4.69) is 5.32 Å². The van der Waals surface area contributed by atoms with Crippen molar-refractivity contribution < 1.29 is 18.8 Å². The van der Waals surface area contributed by atoms with Crippen LogP contribution >= 0.6 is 0 Å². The van der Waals surface area contributed by atoms with Crippen LogP contribution in [0, 0.1) is 5.82 Å². The Morgan fingerprint density at radius 1 is 0.938 bits per heavy atom. The van der Waals surface area contributed by atoms with E-state index in [1.807, 2.05) is 29.2 Å². The molecule has 6 nitrogen and oxygen atoms in total. The third-order valence-electron chi connectivity index (χ3n) is 6.99. The third kappa shape index (κ3) is 3.87. The number of nitrogens with one attached hydrogen (secondary N) is 1. The van der Waals surface area contributed by atoms with Crippen LogP contribution in [0.2, 0.25) is 0 Å². The van der Waals surface area contributed by atoms with Gasteiger partial charge in [-0.1, -0.05) is 24.3 Å². The quantitative estimate of drug-likeness (QED) is 0.794. The number of para-hydroxylation sites is 2. The summed E-state index contributed by atoms with van der Waals surface area (Å²) in [5, 5.41) is 2.77. The minimum absolute atomic E-state index is 0.0122. The van der Waals surface area contributed by atoms with Crippen molar-refractivity contribution in [3.05, 3.63) is 59.9 Å². The third-order valence-corrected chi connectivity index (χ3v) is 6.99. The number of hydrogen-bond acceptors (Lipinski definition) is 3. The van der Waals surface area contributed by atoms with Crippen LogP contribution < -0.4 is 10.2 Å². The van der Waals surface area contributed by atoms with Crippen LogP contribution in [-0.4, -0.2) is 41.2 Å². The van der Waals surface area contributed by atoms with Gasteiger partial charge in [-0.2, -0.15) is 0 Å². The lowest BCUT2D eigenvalue weighted by molar-refractivity contribution is -0.137. The van der Waals surface area contributed by atoms with Gasteiger partial charge >= 0.3 is 0 Å². The SMILES string of the molecule is O=C1CN(C(=O)CCC(=O)N2C3CCC2CC(c2ccc(F)cc2)C3)c2ccccc2N1. The van der Waals surface area contributed by atoms with Crippen LogP contribution in [-0.2, 0) is 14.4 Å². The molecule has 1 N–H and O–H groups in total. The molecule has 2 fully saturated rings. The molecule has 5 rings (SSSR count). The van der Waals surface area contributed by atoms with Crippen molar-refractivity contribution in [2.45, 2.75) is 56.5 Å². The maximum Gasteiger partial charge on any atom is 0.244 e. The van der Waals surface area contributed by atoms with Crippen molar-refractivity contribution in [3.63, 3.8) is 0 Å². The molecule has 3 heterocycles. The van der Waals surface area contributed by atoms with E-state index in [0.717, 1.165) is 31.2 Å². The first kappa shape index (κ1) is 20.7. The molecule has 7 heteroatoms. The molecule has 2 atom stereocenters. The van der Waals surface area contributed by atoms with Crippen LogP contribution in [0.5, 0.6) is 0 Å². The van der Waals surface area contributed by atoms with Gasteiger partial charge in [-0.25, -0.2) is 4.39 Å². The molecule has 0 aliphatic carbocycles. The van der Waals surface area contributed by atoms with Crippen molar-refractivity contribution >= 4 is 29.1 Å². The molecule has 166 valence electrons. The normalized spacial score (nSPS) is 24.2. The Morgan fingerprint density at radius 3 is 2.31 bits per heavy atom. The average Bonchev–Trinajstić information content (AvgIpc) is 3.06. The predicted octanol–water partition coefficient (Wildman–Crippen LogP) is 3.83. The Labute approximate surface area is 186 Å². The van der Waals surface area contributed by atoms with Crippen LogP contribution in [0.3, 0.4) is 0 Å². The first-order valence-electron chi connectivity index (χ1n) is 11.3. The fourth-order valence-electron chi connectivity index (χ4n) is 5.53. The predicted molar refractivity (Wildman–Crippen MR) is 119 cm³/mol. The molecule has 3 aliphatic heterocycles. The molecule has 32 heavy (non-hydrogen) atoms. The lowest BCUT2D eigenvalue weighted by Crippen LogP contribution is -2.47. The summed E-state index contributed by atoms with van der Waals surface area (Å²) >= 11 is 0. The van der Waals surface area contributed by atoms with Crippen LogP contribution in [0.4, 0.5) is 15.8 Å². The molecule has 2 saturated heterocycles. The summed E-state index contributed by atoms with van der Waals surface area (Å²) in [6, 6.07) is 14.2. The van der Waals surface area contributed by atoms with Gasteiger partial charge in [0.2, 0.25) is 17.7 Å². The van der Waals surface area contributed by atoms with Crippen LogP contribution in [0.25, 0.3) is 0 Å². The van der Waals surface area contributed by atoms with Crippen molar-refractivity contribution in [1.82, 2.24) is 4.90 Å². The maximum atomic E-state index is 13.3. The zero-order valence-electron chi connectivity index (χ0n) is 17.8. The molecule has 2 unspecified atom stereocenters. The lowest BCUT2D eigenvalue weighted by Gasteiger charge is -2.39. The molecule has 2 aromatic rings. The van der Waals surface area contributed by atoms with Crippen LogP contribution in [0.1, 0.15) is 50.0 Å². The highest BCUT2D eigenvalue weighted by Crippen LogP contribution is 2.43. The number of amides is 3. The van der Waals surface area contributed by atoms with E-state index in [9.17, 15) is 18.8 Å². The summed E-state index contributed by atoms with van der Waals surface area (Å²) in [6.07, 6.45) is 3.93. The Balaban J connectivity index is 1.21. The minimum atomic E-state index is -0.234. The first-order valence-corrected chi connectivity index (χ1v) is 11.3. The molecule has 0 spiro atoms. The van der Waals surface area contributed by atoms with Gasteiger partial charge in [0.25, 0.3) is 0 Å². The van der Waals surface area contributed by atoms with E-state index in [4.69, 9.17) is 0 Å². The number of carbonyl (C=O) groups is 3. The van der Waals surface area contributed by atoms with Gasteiger partial charge in [-0.15, -0.1) is 0 Å². The first-order chi connectivity index (χ1) is 15.5. The molecule has 0 aromatic heterocycles. The Morgan fingerprint density at radius 2 is 1.59 bits per heavy atom. The van der Waals surface area contributed by atoms with E-state index < -0.39 is 0 Å². The topological polar surface area (TPSA) is 69.7 Å². The molecule has 0 saturated carbocycles. The van der Waals surface area contributed by atoms with Crippen molar-refractivity contribution in [1.29, 1.82) is 0 Å². The maximum absolute atomic E-state index is 13.3. The number of fused-ring (bicyclic) bond motifs is 3.